The van der Waals surface area contributed by atoms with E-state index in [4.69, 9.17) is 19.8 Å². The van der Waals surface area contributed by atoms with Crippen molar-refractivity contribution in [3.63, 3.8) is 0 Å². The second kappa shape index (κ2) is 7.94. The van der Waals surface area contributed by atoms with Crippen molar-refractivity contribution in [2.45, 2.75) is 64.8 Å². The molecule has 29 heavy (non-hydrogen) atoms. The largest absolute Gasteiger partial charge is 0.480 e. The number of rotatable bonds is 5. The van der Waals surface area contributed by atoms with Crippen LogP contribution < -0.4 is 9.64 Å². The Hall–Kier alpha value is -2.14. The van der Waals surface area contributed by atoms with Gasteiger partial charge >= 0.3 is 0 Å². The van der Waals surface area contributed by atoms with Crippen molar-refractivity contribution < 1.29 is 9.84 Å². The van der Waals surface area contributed by atoms with Crippen LogP contribution in [-0.2, 0) is 5.41 Å². The van der Waals surface area contributed by atoms with Gasteiger partial charge in [-0.2, -0.15) is 0 Å². The summed E-state index contributed by atoms with van der Waals surface area (Å²) >= 11 is 0. The molecule has 158 valence electrons. The molecule has 0 aromatic carbocycles. The van der Waals surface area contributed by atoms with E-state index in [-0.39, 0.29) is 0 Å². The number of methoxy groups -OCH3 is 1. The zero-order chi connectivity index (χ0) is 21.5. The van der Waals surface area contributed by atoms with Gasteiger partial charge in [0, 0.05) is 36.9 Å². The van der Waals surface area contributed by atoms with Gasteiger partial charge in [-0.05, 0) is 48.9 Å². The summed E-state index contributed by atoms with van der Waals surface area (Å²) in [4.78, 5) is 12.3. The third-order valence-electron chi connectivity index (χ3n) is 6.88. The van der Waals surface area contributed by atoms with E-state index in [1.165, 1.54) is 24.0 Å². The van der Waals surface area contributed by atoms with E-state index in [2.05, 4.69) is 64.8 Å². The van der Waals surface area contributed by atoms with E-state index in [1.807, 2.05) is 0 Å². The molecule has 3 atom stereocenters. The molecule has 0 radical (unpaired) electrons. The minimum atomic E-state index is 0.305. The van der Waals surface area contributed by atoms with Crippen molar-refractivity contribution in [2.24, 2.45) is 5.92 Å². The predicted octanol–water partition coefficient (Wildman–Crippen LogP) is 4.70. The molecule has 4 rings (SSSR count). The molecule has 2 aromatic rings. The zero-order valence-electron chi connectivity index (χ0n) is 19.1. The van der Waals surface area contributed by atoms with Gasteiger partial charge in [-0.1, -0.05) is 34.1 Å². The predicted molar refractivity (Wildman–Crippen MR) is 119 cm³/mol. The number of likely N-dealkylation sites (N-methyl/N-ethyl adjacent to an activating group) is 1. The van der Waals surface area contributed by atoms with Crippen LogP contribution in [0.5, 0.6) is 5.88 Å². The SMILES string of the molecule is CCC(C)C12CC1N(C)c1nc(-c3ccc(C(C)C)nc3OC)c(C)cc12.CO. The first-order valence-electron chi connectivity index (χ1n) is 10.6. The van der Waals surface area contributed by atoms with Crippen molar-refractivity contribution >= 4 is 5.82 Å². The van der Waals surface area contributed by atoms with Gasteiger partial charge in [-0.15, -0.1) is 0 Å². The minimum Gasteiger partial charge on any atom is -0.480 e. The average molecular weight is 398 g/mol. The molecule has 3 heterocycles. The molecular formula is C24H35N3O2. The molecule has 2 aromatic heterocycles. The van der Waals surface area contributed by atoms with Gasteiger partial charge in [0.25, 0.3) is 0 Å². The molecule has 0 amide bonds. The van der Waals surface area contributed by atoms with Gasteiger partial charge < -0.3 is 14.7 Å². The summed E-state index contributed by atoms with van der Waals surface area (Å²) in [5, 5.41) is 7.00. The van der Waals surface area contributed by atoms with E-state index >= 15 is 0 Å². The second-order valence-corrected chi connectivity index (χ2v) is 8.65. The van der Waals surface area contributed by atoms with Crippen LogP contribution in [0.4, 0.5) is 5.82 Å². The topological polar surface area (TPSA) is 58.5 Å². The van der Waals surface area contributed by atoms with Crippen LogP contribution in [0.1, 0.15) is 63.3 Å². The van der Waals surface area contributed by atoms with Gasteiger partial charge in [0.1, 0.15) is 5.82 Å². The molecule has 0 spiro atoms. The third kappa shape index (κ3) is 3.20. The number of hydrogen-bond acceptors (Lipinski definition) is 5. The van der Waals surface area contributed by atoms with Crippen LogP contribution in [0.15, 0.2) is 18.2 Å². The van der Waals surface area contributed by atoms with Gasteiger partial charge in [0.2, 0.25) is 5.88 Å². The Bertz CT molecular complexity index is 896. The molecule has 1 N–H and O–H groups in total. The molecule has 0 saturated heterocycles. The maximum Gasteiger partial charge on any atom is 0.222 e. The first-order chi connectivity index (χ1) is 13.8. The summed E-state index contributed by atoms with van der Waals surface area (Å²) in [6.45, 7) is 11.2. The fourth-order valence-electron chi connectivity index (χ4n) is 4.94. The normalized spacial score (nSPS) is 22.6. The minimum absolute atomic E-state index is 0.305. The first-order valence-corrected chi connectivity index (χ1v) is 10.6. The monoisotopic (exact) mass is 397 g/mol. The number of anilines is 1. The molecule has 1 aliphatic carbocycles. The fourth-order valence-corrected chi connectivity index (χ4v) is 4.94. The molecule has 5 heteroatoms. The van der Waals surface area contributed by atoms with E-state index in [0.717, 1.165) is 29.9 Å². The van der Waals surface area contributed by atoms with Gasteiger partial charge in [-0.25, -0.2) is 9.97 Å². The molecule has 1 saturated carbocycles. The molecule has 5 nitrogen and oxygen atoms in total. The molecule has 1 aliphatic heterocycles. The Labute approximate surface area is 175 Å². The number of ether oxygens (including phenoxy) is 1. The Balaban J connectivity index is 0.00000117. The van der Waals surface area contributed by atoms with E-state index in [0.29, 0.717) is 29.2 Å². The lowest BCUT2D eigenvalue weighted by Crippen LogP contribution is -2.23. The fraction of sp³-hybridized carbons (Fsp3) is 0.583. The Morgan fingerprint density at radius 2 is 1.93 bits per heavy atom. The lowest BCUT2D eigenvalue weighted by molar-refractivity contribution is 0.397. The van der Waals surface area contributed by atoms with Crippen LogP contribution in [-0.4, -0.2) is 42.4 Å². The summed E-state index contributed by atoms with van der Waals surface area (Å²) in [5.41, 5.74) is 5.96. The standard InChI is InChI=1S/C23H31N3O.CH4O/c1-8-15(5)23-12-19(23)26(6)21-17(23)11-14(4)20(25-21)16-9-10-18(13(2)3)24-22(16)27-7;1-2/h9-11,13,15,19H,8,12H2,1-7H3;2H,1H3. The number of aliphatic hydroxyl groups is 1. The molecule has 2 aliphatic rings. The van der Waals surface area contributed by atoms with Crippen LogP contribution in [0.3, 0.4) is 0 Å². The van der Waals surface area contributed by atoms with E-state index in [9.17, 15) is 0 Å². The zero-order valence-corrected chi connectivity index (χ0v) is 19.1. The Morgan fingerprint density at radius 3 is 2.52 bits per heavy atom. The van der Waals surface area contributed by atoms with Gasteiger partial charge in [-0.3, -0.25) is 0 Å². The molecular weight excluding hydrogens is 362 g/mol. The molecule has 0 bridgehead atoms. The van der Waals surface area contributed by atoms with Crippen LogP contribution >= 0.6 is 0 Å². The van der Waals surface area contributed by atoms with Crippen molar-refractivity contribution in [1.82, 2.24) is 9.97 Å². The lowest BCUT2D eigenvalue weighted by Gasteiger charge is -2.22. The number of pyridine rings is 2. The van der Waals surface area contributed by atoms with Crippen LogP contribution in [0, 0.1) is 12.8 Å². The lowest BCUT2D eigenvalue weighted by atomic mass is 9.82. The molecule has 1 fully saturated rings. The van der Waals surface area contributed by atoms with Crippen LogP contribution in [0.25, 0.3) is 11.3 Å². The van der Waals surface area contributed by atoms with E-state index < -0.39 is 0 Å². The Morgan fingerprint density at radius 1 is 1.24 bits per heavy atom. The maximum absolute atomic E-state index is 7.00. The summed E-state index contributed by atoms with van der Waals surface area (Å²) in [6.07, 6.45) is 2.47. The van der Waals surface area contributed by atoms with Crippen LogP contribution in [0.2, 0.25) is 0 Å². The highest BCUT2D eigenvalue weighted by atomic mass is 16.5. The van der Waals surface area contributed by atoms with Gasteiger partial charge in [0.15, 0.2) is 0 Å². The third-order valence-corrected chi connectivity index (χ3v) is 6.88. The first kappa shape index (κ1) is 21.6. The van der Waals surface area contributed by atoms with Crippen molar-refractivity contribution in [3.8, 4) is 17.1 Å². The quantitative estimate of drug-likeness (QED) is 0.792. The Kier molecular flexibility index (Phi) is 5.91. The van der Waals surface area contributed by atoms with Crippen molar-refractivity contribution in [2.75, 3.05) is 26.2 Å². The van der Waals surface area contributed by atoms with Gasteiger partial charge in [0.05, 0.1) is 18.4 Å². The van der Waals surface area contributed by atoms with E-state index in [1.54, 1.807) is 7.11 Å². The summed E-state index contributed by atoms with van der Waals surface area (Å²) < 4.78 is 5.63. The smallest absolute Gasteiger partial charge is 0.222 e. The van der Waals surface area contributed by atoms with Crippen molar-refractivity contribution in [3.05, 3.63) is 35.0 Å². The summed E-state index contributed by atoms with van der Waals surface area (Å²) in [7, 11) is 4.89. The second-order valence-electron chi connectivity index (χ2n) is 8.65. The highest BCUT2D eigenvalue weighted by Crippen LogP contribution is 2.64. The maximum atomic E-state index is 7.00. The number of fused-ring (bicyclic) bond motifs is 3. The average Bonchev–Trinajstić information content (AvgIpc) is 3.45. The highest BCUT2D eigenvalue weighted by molar-refractivity contribution is 5.75. The number of nitrogens with zero attached hydrogens (tertiary/aromatic N) is 3. The highest BCUT2D eigenvalue weighted by Gasteiger charge is 2.65. The molecule has 3 unspecified atom stereocenters. The summed E-state index contributed by atoms with van der Waals surface area (Å²) in [5.74, 6) is 2.86. The summed E-state index contributed by atoms with van der Waals surface area (Å²) in [6, 6.07) is 7.19. The number of aromatic nitrogens is 2. The van der Waals surface area contributed by atoms with Crippen molar-refractivity contribution in [1.29, 1.82) is 0 Å². The number of aliphatic hydroxyl groups excluding tert-OH is 1. The number of hydrogen-bond donors (Lipinski definition) is 1. The number of aryl methyl sites for hydroxylation is 1.